The number of aryl methyl sites for hydroxylation is 1. The van der Waals surface area contributed by atoms with Crippen LogP contribution in [0.1, 0.15) is 21.9 Å². The lowest BCUT2D eigenvalue weighted by molar-refractivity contribution is 0.0547. The largest absolute Gasteiger partial charge is 0.463 e. The van der Waals surface area contributed by atoms with E-state index in [1.54, 1.807) is 0 Å². The lowest BCUT2D eigenvalue weighted by atomic mass is 10.1. The Balaban J connectivity index is 1.54. The van der Waals surface area contributed by atoms with Gasteiger partial charge in [0.1, 0.15) is 5.76 Å². The number of esters is 1. The van der Waals surface area contributed by atoms with E-state index in [1.165, 1.54) is 7.11 Å². The molecule has 0 unspecified atom stereocenters. The summed E-state index contributed by atoms with van der Waals surface area (Å²) in [6.07, 6.45) is 0. The number of carbonyl (C=O) groups is 1. The minimum atomic E-state index is -0.402. The molecule has 1 N–H and O–H groups in total. The third-order valence-corrected chi connectivity index (χ3v) is 4.40. The number of nitrogens with zero attached hydrogens (tertiary/aromatic N) is 2. The minimum absolute atomic E-state index is 0.326. The molecule has 0 spiro atoms. The van der Waals surface area contributed by atoms with Crippen LogP contribution in [0.25, 0.3) is 0 Å². The molecule has 0 atom stereocenters. The van der Waals surface area contributed by atoms with E-state index < -0.39 is 5.97 Å². The van der Waals surface area contributed by atoms with Crippen molar-refractivity contribution in [3.63, 3.8) is 0 Å². The molecule has 6 nitrogen and oxygen atoms in total. The Morgan fingerprint density at radius 1 is 1.38 bits per heavy atom. The number of piperazine rings is 1. The molecule has 3 rings (SSSR count). The predicted molar refractivity (Wildman–Crippen MR) is 78.3 cm³/mol. The van der Waals surface area contributed by atoms with E-state index in [2.05, 4.69) is 15.1 Å². The topological polar surface area (TPSA) is 58.0 Å². The summed E-state index contributed by atoms with van der Waals surface area (Å²) < 4.78 is 10.4. The highest BCUT2D eigenvalue weighted by atomic mass is 16.5. The molecule has 2 aliphatic heterocycles. The first-order valence-electron chi connectivity index (χ1n) is 7.52. The Hall–Kier alpha value is -1.37. The summed E-state index contributed by atoms with van der Waals surface area (Å²) in [5.74, 6) is 0.763. The van der Waals surface area contributed by atoms with Crippen molar-refractivity contribution in [3.8, 4) is 0 Å². The van der Waals surface area contributed by atoms with Gasteiger partial charge >= 0.3 is 5.97 Å². The van der Waals surface area contributed by atoms with Crippen LogP contribution in [-0.4, -0.2) is 68.2 Å². The van der Waals surface area contributed by atoms with Gasteiger partial charge in [0.05, 0.1) is 13.7 Å². The van der Waals surface area contributed by atoms with Gasteiger partial charge in [-0.25, -0.2) is 4.79 Å². The zero-order chi connectivity index (χ0) is 14.8. The van der Waals surface area contributed by atoms with E-state index in [1.807, 2.05) is 13.0 Å². The summed E-state index contributed by atoms with van der Waals surface area (Å²) in [6, 6.07) is 2.66. The standard InChI is InChI=1S/C15H23N3O3/c1-11-7-13(21-14(11)15(19)20-2)10-17-3-5-18(6-4-17)12-8-16-9-12/h7,12,16H,3-6,8-10H2,1-2H3. The molecule has 116 valence electrons. The summed E-state index contributed by atoms with van der Waals surface area (Å²) in [5.41, 5.74) is 0.844. The SMILES string of the molecule is COC(=O)c1oc(CN2CCN(C3CNC3)CC2)cc1C. The molecule has 3 heterocycles. The molecule has 1 aromatic rings. The van der Waals surface area contributed by atoms with Gasteiger partial charge in [-0.3, -0.25) is 9.80 Å². The normalized spacial score (nSPS) is 21.2. The maximum Gasteiger partial charge on any atom is 0.374 e. The average molecular weight is 293 g/mol. The lowest BCUT2D eigenvalue weighted by Gasteiger charge is -2.43. The van der Waals surface area contributed by atoms with Gasteiger partial charge < -0.3 is 14.5 Å². The van der Waals surface area contributed by atoms with Gasteiger partial charge in [0, 0.05) is 50.9 Å². The van der Waals surface area contributed by atoms with E-state index in [0.29, 0.717) is 5.76 Å². The molecule has 1 aromatic heterocycles. The fourth-order valence-corrected chi connectivity index (χ4v) is 2.96. The smallest absolute Gasteiger partial charge is 0.374 e. The van der Waals surface area contributed by atoms with Gasteiger partial charge in [-0.15, -0.1) is 0 Å². The van der Waals surface area contributed by atoms with Crippen LogP contribution in [0.5, 0.6) is 0 Å². The predicted octanol–water partition coefficient (Wildman–Crippen LogP) is 0.464. The Kier molecular flexibility index (Phi) is 4.28. The molecule has 0 amide bonds. The molecule has 0 aromatic carbocycles. The second kappa shape index (κ2) is 6.17. The molecule has 2 aliphatic rings. The average Bonchev–Trinajstić information content (AvgIpc) is 2.79. The third kappa shape index (κ3) is 3.12. The monoisotopic (exact) mass is 293 g/mol. The second-order valence-electron chi connectivity index (χ2n) is 5.84. The summed E-state index contributed by atoms with van der Waals surface area (Å²) in [7, 11) is 1.37. The molecule has 21 heavy (non-hydrogen) atoms. The van der Waals surface area contributed by atoms with Crippen molar-refractivity contribution in [3.05, 3.63) is 23.2 Å². The van der Waals surface area contributed by atoms with Gasteiger partial charge in [0.15, 0.2) is 0 Å². The molecule has 0 aliphatic carbocycles. The molecular weight excluding hydrogens is 270 g/mol. The second-order valence-corrected chi connectivity index (χ2v) is 5.84. The molecule has 0 saturated carbocycles. The molecule has 6 heteroatoms. The number of methoxy groups -OCH3 is 1. The molecule has 0 bridgehead atoms. The third-order valence-electron chi connectivity index (χ3n) is 4.40. The maximum atomic E-state index is 11.6. The number of nitrogens with one attached hydrogen (secondary N) is 1. The first kappa shape index (κ1) is 14.6. The fraction of sp³-hybridized carbons (Fsp3) is 0.667. The highest BCUT2D eigenvalue weighted by molar-refractivity contribution is 5.87. The van der Waals surface area contributed by atoms with Gasteiger partial charge in [-0.2, -0.15) is 0 Å². The number of hydrogen-bond donors (Lipinski definition) is 1. The first-order chi connectivity index (χ1) is 10.2. The maximum absolute atomic E-state index is 11.6. The zero-order valence-electron chi connectivity index (χ0n) is 12.7. The van der Waals surface area contributed by atoms with Crippen LogP contribution in [-0.2, 0) is 11.3 Å². The fourth-order valence-electron chi connectivity index (χ4n) is 2.96. The highest BCUT2D eigenvalue weighted by Gasteiger charge is 2.28. The van der Waals surface area contributed by atoms with E-state index in [9.17, 15) is 4.79 Å². The van der Waals surface area contributed by atoms with Crippen LogP contribution in [0.4, 0.5) is 0 Å². The van der Waals surface area contributed by atoms with E-state index in [-0.39, 0.29) is 0 Å². The van der Waals surface area contributed by atoms with Crippen LogP contribution >= 0.6 is 0 Å². The Labute approximate surface area is 125 Å². The van der Waals surface area contributed by atoms with Crippen LogP contribution < -0.4 is 5.32 Å². The minimum Gasteiger partial charge on any atom is -0.463 e. The van der Waals surface area contributed by atoms with Crippen LogP contribution in [0.15, 0.2) is 10.5 Å². The summed E-state index contributed by atoms with van der Waals surface area (Å²) in [5, 5.41) is 3.32. The van der Waals surface area contributed by atoms with Crippen molar-refractivity contribution in [1.29, 1.82) is 0 Å². The quantitative estimate of drug-likeness (QED) is 0.814. The van der Waals surface area contributed by atoms with Crippen LogP contribution in [0.3, 0.4) is 0 Å². The lowest BCUT2D eigenvalue weighted by Crippen LogP contribution is -2.61. The van der Waals surface area contributed by atoms with Crippen LogP contribution in [0.2, 0.25) is 0 Å². The van der Waals surface area contributed by atoms with Crippen molar-refractivity contribution >= 4 is 5.97 Å². The van der Waals surface area contributed by atoms with Crippen molar-refractivity contribution in [2.45, 2.75) is 19.5 Å². The van der Waals surface area contributed by atoms with Crippen molar-refractivity contribution < 1.29 is 13.9 Å². The van der Waals surface area contributed by atoms with Crippen LogP contribution in [0, 0.1) is 6.92 Å². The van der Waals surface area contributed by atoms with E-state index in [0.717, 1.165) is 63.2 Å². The Morgan fingerprint density at radius 2 is 2.10 bits per heavy atom. The molecule has 0 radical (unpaired) electrons. The molecule has 2 saturated heterocycles. The van der Waals surface area contributed by atoms with Crippen molar-refractivity contribution in [2.75, 3.05) is 46.4 Å². The van der Waals surface area contributed by atoms with E-state index >= 15 is 0 Å². The van der Waals surface area contributed by atoms with Gasteiger partial charge in [0.2, 0.25) is 5.76 Å². The molecule has 2 fully saturated rings. The summed E-state index contributed by atoms with van der Waals surface area (Å²) in [6.45, 7) is 9.19. The number of rotatable bonds is 4. The van der Waals surface area contributed by atoms with Gasteiger partial charge in [0.25, 0.3) is 0 Å². The Morgan fingerprint density at radius 3 is 2.67 bits per heavy atom. The highest BCUT2D eigenvalue weighted by Crippen LogP contribution is 2.18. The first-order valence-corrected chi connectivity index (χ1v) is 7.52. The van der Waals surface area contributed by atoms with Gasteiger partial charge in [-0.1, -0.05) is 0 Å². The molecular formula is C15H23N3O3. The summed E-state index contributed by atoms with van der Waals surface area (Å²) >= 11 is 0. The van der Waals surface area contributed by atoms with Crippen molar-refractivity contribution in [2.24, 2.45) is 0 Å². The Bertz CT molecular complexity index is 502. The van der Waals surface area contributed by atoms with Gasteiger partial charge in [-0.05, 0) is 13.0 Å². The number of carbonyl (C=O) groups excluding carboxylic acids is 1. The number of ether oxygens (including phenoxy) is 1. The zero-order valence-corrected chi connectivity index (χ0v) is 12.7. The number of hydrogen-bond acceptors (Lipinski definition) is 6. The van der Waals surface area contributed by atoms with Crippen molar-refractivity contribution in [1.82, 2.24) is 15.1 Å². The summed E-state index contributed by atoms with van der Waals surface area (Å²) in [4.78, 5) is 16.5. The van der Waals surface area contributed by atoms with E-state index in [4.69, 9.17) is 9.15 Å². The number of furan rings is 1.